The van der Waals surface area contributed by atoms with E-state index in [-0.39, 0.29) is 0 Å². The molecule has 1 aromatic carbocycles. The van der Waals surface area contributed by atoms with E-state index in [1.165, 1.54) is 11.3 Å². The molecule has 136 valence electrons. The molecule has 3 aromatic heterocycles. The van der Waals surface area contributed by atoms with Gasteiger partial charge in [0.15, 0.2) is 5.82 Å². The summed E-state index contributed by atoms with van der Waals surface area (Å²) < 4.78 is 5.35. The zero-order valence-corrected chi connectivity index (χ0v) is 15.3. The Morgan fingerprint density at radius 1 is 1.22 bits per heavy atom. The minimum atomic E-state index is 0.717. The van der Waals surface area contributed by atoms with Crippen LogP contribution < -0.4 is 10.1 Å². The summed E-state index contributed by atoms with van der Waals surface area (Å²) in [4.78, 5) is 11.7. The lowest BCUT2D eigenvalue weighted by molar-refractivity contribution is 0.310. The van der Waals surface area contributed by atoms with Gasteiger partial charge in [-0.3, -0.25) is 10.1 Å². The number of H-pyrrole nitrogens is 1. The number of nitrogens with zero attached hydrogens (tertiary/aromatic N) is 4. The van der Waals surface area contributed by atoms with Crippen LogP contribution in [-0.4, -0.2) is 45.8 Å². The van der Waals surface area contributed by atoms with E-state index in [0.717, 1.165) is 58.6 Å². The lowest BCUT2D eigenvalue weighted by atomic mass is 10.1. The minimum absolute atomic E-state index is 0.717. The van der Waals surface area contributed by atoms with Crippen molar-refractivity contribution in [2.24, 2.45) is 0 Å². The molecule has 0 fully saturated rings. The van der Waals surface area contributed by atoms with Gasteiger partial charge in [-0.2, -0.15) is 5.10 Å². The Labute approximate surface area is 156 Å². The van der Waals surface area contributed by atoms with Gasteiger partial charge in [0.1, 0.15) is 11.3 Å². The molecule has 0 saturated carbocycles. The van der Waals surface area contributed by atoms with Crippen LogP contribution in [0.2, 0.25) is 0 Å². The molecule has 4 heterocycles. The van der Waals surface area contributed by atoms with Gasteiger partial charge >= 0.3 is 0 Å². The number of methoxy groups -OCH3 is 1. The number of rotatable bonds is 3. The Hall–Kier alpha value is -3.19. The number of pyridine rings is 2. The van der Waals surface area contributed by atoms with E-state index in [1.54, 1.807) is 7.11 Å². The average Bonchev–Trinajstić information content (AvgIpc) is 3.18. The first-order valence-electron chi connectivity index (χ1n) is 8.96. The van der Waals surface area contributed by atoms with E-state index in [1.807, 2.05) is 30.6 Å². The van der Waals surface area contributed by atoms with Gasteiger partial charge in [-0.1, -0.05) is 0 Å². The zero-order valence-electron chi connectivity index (χ0n) is 15.3. The van der Waals surface area contributed by atoms with Crippen LogP contribution in [0.3, 0.4) is 0 Å². The molecule has 0 atom stereocenters. The second-order valence-electron chi connectivity index (χ2n) is 6.93. The van der Waals surface area contributed by atoms with Gasteiger partial charge in [-0.15, -0.1) is 0 Å². The number of fused-ring (bicyclic) bond motifs is 4. The lowest BCUT2D eigenvalue weighted by Crippen LogP contribution is -2.27. The third kappa shape index (κ3) is 2.76. The molecule has 0 spiro atoms. The smallest absolute Gasteiger partial charge is 0.159 e. The molecular weight excluding hydrogens is 340 g/mol. The predicted octanol–water partition coefficient (Wildman–Crippen LogP) is 3.25. The molecular formula is C20H20N6O. The molecule has 27 heavy (non-hydrogen) atoms. The van der Waals surface area contributed by atoms with Gasteiger partial charge in [-0.05, 0) is 36.9 Å². The molecule has 2 N–H and O–H groups in total. The van der Waals surface area contributed by atoms with Crippen LogP contribution in [0.15, 0.2) is 36.7 Å². The monoisotopic (exact) mass is 360 g/mol. The van der Waals surface area contributed by atoms with Crippen molar-refractivity contribution >= 4 is 33.3 Å². The Kier molecular flexibility index (Phi) is 3.68. The summed E-state index contributed by atoms with van der Waals surface area (Å²) in [6.45, 7) is 1.97. The van der Waals surface area contributed by atoms with Crippen LogP contribution >= 0.6 is 0 Å². The van der Waals surface area contributed by atoms with E-state index in [4.69, 9.17) is 9.72 Å². The van der Waals surface area contributed by atoms with E-state index in [0.29, 0.717) is 0 Å². The molecule has 1 aliphatic heterocycles. The molecule has 0 aliphatic carbocycles. The number of likely N-dealkylation sites (N-methyl/N-ethyl adjacent to an activating group) is 1. The molecule has 7 nitrogen and oxygen atoms in total. The van der Waals surface area contributed by atoms with Gasteiger partial charge < -0.3 is 15.0 Å². The summed E-state index contributed by atoms with van der Waals surface area (Å²) in [5.74, 6) is 1.52. The first-order chi connectivity index (χ1) is 13.2. The van der Waals surface area contributed by atoms with Crippen LogP contribution in [0.25, 0.3) is 21.8 Å². The highest BCUT2D eigenvalue weighted by Gasteiger charge is 2.16. The van der Waals surface area contributed by atoms with Crippen molar-refractivity contribution in [3.8, 4) is 5.75 Å². The first kappa shape index (κ1) is 16.0. The molecule has 4 aromatic rings. The third-order valence-electron chi connectivity index (χ3n) is 5.08. The van der Waals surface area contributed by atoms with Gasteiger partial charge in [0.2, 0.25) is 0 Å². The number of benzene rings is 1. The van der Waals surface area contributed by atoms with Crippen molar-refractivity contribution < 1.29 is 4.74 Å². The number of aromatic nitrogens is 4. The van der Waals surface area contributed by atoms with E-state index < -0.39 is 0 Å². The first-order valence-corrected chi connectivity index (χ1v) is 8.96. The van der Waals surface area contributed by atoms with Crippen LogP contribution in [0.4, 0.5) is 11.5 Å². The van der Waals surface area contributed by atoms with Crippen LogP contribution in [-0.2, 0) is 13.0 Å². The largest absolute Gasteiger partial charge is 0.497 e. The normalized spacial score (nSPS) is 14.4. The highest BCUT2D eigenvalue weighted by atomic mass is 16.5. The second kappa shape index (κ2) is 6.21. The van der Waals surface area contributed by atoms with Crippen molar-refractivity contribution in [1.29, 1.82) is 0 Å². The van der Waals surface area contributed by atoms with Crippen molar-refractivity contribution in [2.45, 2.75) is 13.0 Å². The summed E-state index contributed by atoms with van der Waals surface area (Å²) in [7, 11) is 3.80. The summed E-state index contributed by atoms with van der Waals surface area (Å²) in [5, 5.41) is 12.8. The standard InChI is InChI=1S/C20H20N6O/c1-26-6-5-17-12(11-26)7-13(9-21-17)23-20-19-16(10-22-25-19)15-8-14(27-2)3-4-18(15)24-20/h3-4,7-10H,5-6,11H2,1-2H3,(H,22,25)(H,23,24). The summed E-state index contributed by atoms with van der Waals surface area (Å²) in [5.41, 5.74) is 5.05. The van der Waals surface area contributed by atoms with Crippen molar-refractivity contribution in [2.75, 3.05) is 26.0 Å². The van der Waals surface area contributed by atoms with Crippen LogP contribution in [0.1, 0.15) is 11.3 Å². The number of hydrogen-bond donors (Lipinski definition) is 2. The predicted molar refractivity (Wildman–Crippen MR) is 106 cm³/mol. The number of nitrogens with one attached hydrogen (secondary N) is 2. The number of hydrogen-bond acceptors (Lipinski definition) is 6. The van der Waals surface area contributed by atoms with E-state index in [9.17, 15) is 0 Å². The fourth-order valence-corrected chi connectivity index (χ4v) is 3.66. The number of anilines is 2. The summed E-state index contributed by atoms with van der Waals surface area (Å²) in [6.07, 6.45) is 4.76. The third-order valence-corrected chi connectivity index (χ3v) is 5.08. The van der Waals surface area contributed by atoms with Crippen LogP contribution in [0, 0.1) is 0 Å². The number of ether oxygens (including phenoxy) is 1. The molecule has 7 heteroatoms. The quantitative estimate of drug-likeness (QED) is 0.584. The van der Waals surface area contributed by atoms with Crippen molar-refractivity contribution in [3.63, 3.8) is 0 Å². The average molecular weight is 360 g/mol. The number of aromatic amines is 1. The fourth-order valence-electron chi connectivity index (χ4n) is 3.66. The van der Waals surface area contributed by atoms with Gasteiger partial charge in [0.05, 0.1) is 24.5 Å². The maximum absolute atomic E-state index is 5.35. The highest BCUT2D eigenvalue weighted by Crippen LogP contribution is 2.32. The Bertz CT molecular complexity index is 1150. The fraction of sp³-hybridized carbons (Fsp3) is 0.250. The summed E-state index contributed by atoms with van der Waals surface area (Å²) in [6, 6.07) is 8.03. The van der Waals surface area contributed by atoms with Gasteiger partial charge in [-0.25, -0.2) is 4.98 Å². The summed E-state index contributed by atoms with van der Waals surface area (Å²) >= 11 is 0. The maximum Gasteiger partial charge on any atom is 0.159 e. The molecule has 0 amide bonds. The topological polar surface area (TPSA) is 79.0 Å². The molecule has 0 unspecified atom stereocenters. The molecule has 0 radical (unpaired) electrons. The molecule has 0 saturated heterocycles. The molecule has 0 bridgehead atoms. The minimum Gasteiger partial charge on any atom is -0.497 e. The zero-order chi connectivity index (χ0) is 18.4. The Balaban J connectivity index is 1.59. The van der Waals surface area contributed by atoms with Crippen molar-refractivity contribution in [3.05, 3.63) is 47.9 Å². The molecule has 5 rings (SSSR count). The Morgan fingerprint density at radius 2 is 2.15 bits per heavy atom. The van der Waals surface area contributed by atoms with Gasteiger partial charge in [0.25, 0.3) is 0 Å². The lowest BCUT2D eigenvalue weighted by Gasteiger charge is -2.24. The van der Waals surface area contributed by atoms with Crippen molar-refractivity contribution in [1.82, 2.24) is 25.1 Å². The second-order valence-corrected chi connectivity index (χ2v) is 6.93. The highest BCUT2D eigenvalue weighted by molar-refractivity contribution is 6.09. The SMILES string of the molecule is COc1ccc2nc(Nc3cnc4c(c3)CN(C)CC4)c3n[nH]cc3c2c1. The molecule has 1 aliphatic rings. The Morgan fingerprint density at radius 3 is 3.04 bits per heavy atom. The van der Waals surface area contributed by atoms with Crippen LogP contribution in [0.5, 0.6) is 5.75 Å². The van der Waals surface area contributed by atoms with E-state index in [2.05, 4.69) is 38.5 Å². The maximum atomic E-state index is 5.35. The van der Waals surface area contributed by atoms with Gasteiger partial charge in [0, 0.05) is 42.2 Å². The van der Waals surface area contributed by atoms with E-state index >= 15 is 0 Å².